The number of thiophene rings is 1. The molecule has 3 rings (SSSR count). The van der Waals surface area contributed by atoms with Crippen molar-refractivity contribution in [1.29, 1.82) is 0 Å². The van der Waals surface area contributed by atoms with E-state index in [1.807, 2.05) is 13.8 Å². The van der Waals surface area contributed by atoms with Gasteiger partial charge in [0.15, 0.2) is 5.82 Å². The van der Waals surface area contributed by atoms with Crippen molar-refractivity contribution in [2.75, 3.05) is 27.3 Å². The molecular weight excluding hydrogens is 370 g/mol. The maximum atomic E-state index is 13.1. The van der Waals surface area contributed by atoms with Crippen LogP contribution in [0.15, 0.2) is 0 Å². The summed E-state index contributed by atoms with van der Waals surface area (Å²) < 4.78 is 10.5. The van der Waals surface area contributed by atoms with Crippen molar-refractivity contribution < 1.29 is 24.2 Å². The summed E-state index contributed by atoms with van der Waals surface area (Å²) in [5, 5.41) is 10.0. The van der Waals surface area contributed by atoms with Gasteiger partial charge < -0.3 is 19.5 Å². The van der Waals surface area contributed by atoms with Gasteiger partial charge in [-0.05, 0) is 24.8 Å². The Morgan fingerprint density at radius 2 is 2.07 bits per heavy atom. The number of aromatic nitrogens is 2. The number of hydrogen-bond acceptors (Lipinski definition) is 7. The molecule has 0 radical (unpaired) electrons. The average molecular weight is 393 g/mol. The van der Waals surface area contributed by atoms with Gasteiger partial charge in [0.05, 0.1) is 23.3 Å². The van der Waals surface area contributed by atoms with Gasteiger partial charge in [-0.25, -0.2) is 4.98 Å². The molecule has 2 unspecified atom stereocenters. The number of aliphatic carboxylic acids is 1. The lowest BCUT2D eigenvalue weighted by molar-refractivity contribution is -0.145. The van der Waals surface area contributed by atoms with Crippen molar-refractivity contribution in [1.82, 2.24) is 14.9 Å². The number of piperidine rings is 1. The van der Waals surface area contributed by atoms with Crippen LogP contribution >= 0.6 is 11.3 Å². The van der Waals surface area contributed by atoms with Gasteiger partial charge in [0.2, 0.25) is 5.88 Å². The van der Waals surface area contributed by atoms with Crippen LogP contribution in [0.1, 0.15) is 34.4 Å². The Morgan fingerprint density at radius 1 is 1.33 bits per heavy atom. The molecule has 2 aromatic rings. The zero-order valence-corrected chi connectivity index (χ0v) is 16.6. The van der Waals surface area contributed by atoms with Crippen LogP contribution in [0.5, 0.6) is 5.88 Å². The maximum Gasteiger partial charge on any atom is 0.306 e. The van der Waals surface area contributed by atoms with Crippen molar-refractivity contribution in [3.63, 3.8) is 0 Å². The summed E-state index contributed by atoms with van der Waals surface area (Å²) in [5.74, 6) is -0.451. The van der Waals surface area contributed by atoms with Gasteiger partial charge in [0.1, 0.15) is 11.4 Å². The van der Waals surface area contributed by atoms with Gasteiger partial charge in [-0.15, -0.1) is 11.3 Å². The lowest BCUT2D eigenvalue weighted by Crippen LogP contribution is -2.44. The number of carboxylic acids is 1. The van der Waals surface area contributed by atoms with E-state index in [9.17, 15) is 14.7 Å². The van der Waals surface area contributed by atoms with Crippen LogP contribution in [0, 0.1) is 18.8 Å². The summed E-state index contributed by atoms with van der Waals surface area (Å²) in [5.41, 5.74) is 0.786. The van der Waals surface area contributed by atoms with Gasteiger partial charge in [-0.2, -0.15) is 4.98 Å². The Morgan fingerprint density at radius 3 is 2.67 bits per heavy atom. The summed E-state index contributed by atoms with van der Waals surface area (Å²) in [6, 6.07) is 0. The van der Waals surface area contributed by atoms with Crippen LogP contribution in [-0.2, 0) is 16.1 Å². The van der Waals surface area contributed by atoms with Crippen LogP contribution in [0.4, 0.5) is 0 Å². The van der Waals surface area contributed by atoms with Crippen molar-refractivity contribution >= 4 is 33.4 Å². The largest absolute Gasteiger partial charge is 0.481 e. The van der Waals surface area contributed by atoms with Gasteiger partial charge in [0, 0.05) is 20.2 Å². The molecule has 2 atom stereocenters. The molecular formula is C18H23N3O5S. The van der Waals surface area contributed by atoms with Crippen LogP contribution in [-0.4, -0.2) is 59.2 Å². The molecule has 2 aromatic heterocycles. The summed E-state index contributed by atoms with van der Waals surface area (Å²) >= 11 is 1.31. The second-order valence-electron chi connectivity index (χ2n) is 6.78. The predicted octanol–water partition coefficient (Wildman–Crippen LogP) is 2.34. The van der Waals surface area contributed by atoms with Crippen LogP contribution in [0.25, 0.3) is 10.2 Å². The van der Waals surface area contributed by atoms with E-state index in [1.54, 1.807) is 12.0 Å². The SMILES string of the molecule is COCc1nc(OC)c2c(C)c(C(=O)N3CCC(C(=O)O)C(C)C3)sc2n1. The molecule has 9 heteroatoms. The molecule has 1 N–H and O–H groups in total. The normalized spacial score (nSPS) is 20.1. The smallest absolute Gasteiger partial charge is 0.306 e. The number of nitrogens with zero attached hydrogens (tertiary/aromatic N) is 3. The van der Waals surface area contributed by atoms with E-state index in [1.165, 1.54) is 18.4 Å². The number of ether oxygens (including phenoxy) is 2. The molecule has 1 amide bonds. The van der Waals surface area contributed by atoms with Crippen LogP contribution in [0.3, 0.4) is 0 Å². The third-order valence-corrected chi connectivity index (χ3v) is 6.15. The van der Waals surface area contributed by atoms with E-state index >= 15 is 0 Å². The van der Waals surface area contributed by atoms with Gasteiger partial charge in [0.25, 0.3) is 5.91 Å². The fraction of sp³-hybridized carbons (Fsp3) is 0.556. The van der Waals surface area contributed by atoms with Crippen molar-refractivity contribution in [2.24, 2.45) is 11.8 Å². The fourth-order valence-electron chi connectivity index (χ4n) is 3.53. The minimum Gasteiger partial charge on any atom is -0.481 e. The Kier molecular flexibility index (Phi) is 5.61. The number of hydrogen-bond donors (Lipinski definition) is 1. The predicted molar refractivity (Wildman–Crippen MR) is 100 cm³/mol. The number of fused-ring (bicyclic) bond motifs is 1. The monoisotopic (exact) mass is 393 g/mol. The topological polar surface area (TPSA) is 102 Å². The lowest BCUT2D eigenvalue weighted by Gasteiger charge is -2.34. The first-order valence-electron chi connectivity index (χ1n) is 8.72. The summed E-state index contributed by atoms with van der Waals surface area (Å²) in [4.78, 5) is 36.2. The van der Waals surface area contributed by atoms with Gasteiger partial charge in [-0.1, -0.05) is 6.92 Å². The van der Waals surface area contributed by atoms with Crippen molar-refractivity contribution in [2.45, 2.75) is 26.9 Å². The molecule has 146 valence electrons. The first kappa shape index (κ1) is 19.5. The van der Waals surface area contributed by atoms with E-state index in [-0.39, 0.29) is 18.4 Å². The first-order chi connectivity index (χ1) is 12.9. The first-order valence-corrected chi connectivity index (χ1v) is 9.54. The number of amides is 1. The molecule has 0 saturated carbocycles. The number of carbonyl (C=O) groups excluding carboxylic acids is 1. The summed E-state index contributed by atoms with van der Waals surface area (Å²) in [6.07, 6.45) is 0.466. The van der Waals surface area contributed by atoms with Gasteiger partial charge in [-0.3, -0.25) is 9.59 Å². The number of carbonyl (C=O) groups is 2. The third kappa shape index (κ3) is 3.61. The van der Waals surface area contributed by atoms with Crippen molar-refractivity contribution in [3.8, 4) is 5.88 Å². The highest BCUT2D eigenvalue weighted by Crippen LogP contribution is 2.36. The average Bonchev–Trinajstić information content (AvgIpc) is 2.97. The van der Waals surface area contributed by atoms with Crippen LogP contribution in [0.2, 0.25) is 0 Å². The molecule has 1 aliphatic rings. The minimum absolute atomic E-state index is 0.0856. The molecule has 0 aliphatic carbocycles. The summed E-state index contributed by atoms with van der Waals surface area (Å²) in [7, 11) is 3.10. The molecule has 0 spiro atoms. The second kappa shape index (κ2) is 7.77. The Balaban J connectivity index is 1.93. The molecule has 1 fully saturated rings. The molecule has 0 aromatic carbocycles. The second-order valence-corrected chi connectivity index (χ2v) is 7.78. The highest BCUT2D eigenvalue weighted by atomic mass is 32.1. The molecule has 0 bridgehead atoms. The lowest BCUT2D eigenvalue weighted by atomic mass is 9.87. The van der Waals surface area contributed by atoms with E-state index in [2.05, 4.69) is 9.97 Å². The fourth-order valence-corrected chi connectivity index (χ4v) is 4.69. The molecule has 8 nitrogen and oxygen atoms in total. The number of aryl methyl sites for hydroxylation is 1. The standard InChI is InChI=1S/C18H23N3O5S/c1-9-7-21(6-5-11(9)18(23)24)17(22)14-10(2)13-15(26-4)19-12(8-25-3)20-16(13)27-14/h9,11H,5-8H2,1-4H3,(H,23,24). The van der Waals surface area contributed by atoms with Crippen molar-refractivity contribution in [3.05, 3.63) is 16.3 Å². The number of likely N-dealkylation sites (tertiary alicyclic amines) is 1. The highest BCUT2D eigenvalue weighted by Gasteiger charge is 2.34. The molecule has 3 heterocycles. The number of rotatable bonds is 5. The van der Waals surface area contributed by atoms with Crippen LogP contribution < -0.4 is 4.74 Å². The maximum absolute atomic E-state index is 13.1. The Labute approximate surface area is 161 Å². The number of methoxy groups -OCH3 is 2. The molecule has 27 heavy (non-hydrogen) atoms. The number of carboxylic acid groups (broad SMARTS) is 1. The minimum atomic E-state index is -0.793. The zero-order chi connectivity index (χ0) is 19.7. The van der Waals surface area contributed by atoms with E-state index in [0.717, 1.165) is 10.9 Å². The molecule has 1 aliphatic heterocycles. The molecule has 1 saturated heterocycles. The zero-order valence-electron chi connectivity index (χ0n) is 15.8. The van der Waals surface area contributed by atoms with E-state index in [4.69, 9.17) is 9.47 Å². The quantitative estimate of drug-likeness (QED) is 0.832. The van der Waals surface area contributed by atoms with E-state index < -0.39 is 11.9 Å². The highest BCUT2D eigenvalue weighted by molar-refractivity contribution is 7.20. The van der Waals surface area contributed by atoms with Gasteiger partial charge >= 0.3 is 5.97 Å². The summed E-state index contributed by atoms with van der Waals surface area (Å²) in [6.45, 7) is 4.86. The Hall–Kier alpha value is -2.26. The Bertz CT molecular complexity index is 881. The van der Waals surface area contributed by atoms with E-state index in [0.29, 0.717) is 40.9 Å². The third-order valence-electron chi connectivity index (χ3n) is 4.97.